The molecule has 2 rings (SSSR count). The Morgan fingerprint density at radius 2 is 2.25 bits per heavy atom. The first-order valence-electron chi connectivity index (χ1n) is 6.81. The number of nitrogens with one attached hydrogen (secondary N) is 3. The van der Waals surface area contributed by atoms with Crippen LogP contribution in [0.3, 0.4) is 0 Å². The molecule has 2 amide bonds. The predicted octanol–water partition coefficient (Wildman–Crippen LogP) is 0.736. The van der Waals surface area contributed by atoms with E-state index in [9.17, 15) is 9.59 Å². The number of carbonyl (C=O) groups excluding carboxylic acids is 2. The van der Waals surface area contributed by atoms with Crippen LogP contribution in [0.15, 0.2) is 12.5 Å². The average molecular weight is 280 g/mol. The van der Waals surface area contributed by atoms with Gasteiger partial charge >= 0.3 is 12.0 Å². The van der Waals surface area contributed by atoms with Crippen molar-refractivity contribution in [1.82, 2.24) is 20.6 Å². The average Bonchev–Trinajstić information content (AvgIpc) is 3.10. The highest BCUT2D eigenvalue weighted by Crippen LogP contribution is 2.17. The molecule has 1 saturated carbocycles. The Hall–Kier alpha value is -2.05. The fourth-order valence-electron chi connectivity index (χ4n) is 2.41. The third-order valence-electron chi connectivity index (χ3n) is 3.46. The van der Waals surface area contributed by atoms with Crippen molar-refractivity contribution in [3.63, 3.8) is 0 Å². The van der Waals surface area contributed by atoms with Crippen molar-refractivity contribution in [3.8, 4) is 0 Å². The van der Waals surface area contributed by atoms with E-state index in [1.165, 1.54) is 13.4 Å². The molecule has 110 valence electrons. The summed E-state index contributed by atoms with van der Waals surface area (Å²) in [5.41, 5.74) is 0.765. The molecular formula is C13H20N4O3. The second kappa shape index (κ2) is 6.93. The Morgan fingerprint density at radius 1 is 1.50 bits per heavy atom. The molecule has 0 aliphatic heterocycles. The van der Waals surface area contributed by atoms with Crippen LogP contribution in [0.5, 0.6) is 0 Å². The lowest BCUT2D eigenvalue weighted by atomic mass is 10.1. The van der Waals surface area contributed by atoms with Crippen molar-refractivity contribution in [1.29, 1.82) is 0 Å². The van der Waals surface area contributed by atoms with E-state index >= 15 is 0 Å². The van der Waals surface area contributed by atoms with Gasteiger partial charge in [0.15, 0.2) is 0 Å². The SMILES string of the molecule is COC(=O)[C@H](Cc1cnc[nH]1)NC(=O)NC1CCCC1. The largest absolute Gasteiger partial charge is 0.467 e. The number of methoxy groups -OCH3 is 1. The smallest absolute Gasteiger partial charge is 0.328 e. The van der Waals surface area contributed by atoms with Gasteiger partial charge in [0.05, 0.1) is 13.4 Å². The van der Waals surface area contributed by atoms with E-state index in [2.05, 4.69) is 20.6 Å². The number of hydrogen-bond donors (Lipinski definition) is 3. The molecule has 1 aromatic rings. The van der Waals surface area contributed by atoms with Crippen LogP contribution < -0.4 is 10.6 Å². The molecule has 20 heavy (non-hydrogen) atoms. The van der Waals surface area contributed by atoms with Gasteiger partial charge in [-0.1, -0.05) is 12.8 Å². The zero-order valence-electron chi connectivity index (χ0n) is 11.5. The van der Waals surface area contributed by atoms with Crippen molar-refractivity contribution in [3.05, 3.63) is 18.2 Å². The number of aromatic nitrogens is 2. The number of H-pyrrole nitrogens is 1. The Bertz CT molecular complexity index is 440. The maximum atomic E-state index is 11.9. The van der Waals surface area contributed by atoms with Gasteiger partial charge in [0.25, 0.3) is 0 Å². The van der Waals surface area contributed by atoms with Crippen molar-refractivity contribution >= 4 is 12.0 Å². The van der Waals surface area contributed by atoms with E-state index in [0.717, 1.165) is 31.4 Å². The van der Waals surface area contributed by atoms with Gasteiger partial charge in [-0.25, -0.2) is 14.6 Å². The van der Waals surface area contributed by atoms with Gasteiger partial charge in [-0.05, 0) is 12.8 Å². The Kier molecular flexibility index (Phi) is 4.97. The highest BCUT2D eigenvalue weighted by molar-refractivity contribution is 5.83. The van der Waals surface area contributed by atoms with E-state index in [4.69, 9.17) is 4.74 Å². The molecule has 1 heterocycles. The van der Waals surface area contributed by atoms with Crippen molar-refractivity contribution in [2.24, 2.45) is 0 Å². The maximum absolute atomic E-state index is 11.9. The molecule has 1 aromatic heterocycles. The minimum atomic E-state index is -0.721. The second-order valence-corrected chi connectivity index (χ2v) is 4.96. The summed E-state index contributed by atoms with van der Waals surface area (Å²) in [5, 5.41) is 5.54. The van der Waals surface area contributed by atoms with Gasteiger partial charge in [0.2, 0.25) is 0 Å². The van der Waals surface area contributed by atoms with Gasteiger partial charge in [-0.2, -0.15) is 0 Å². The minimum absolute atomic E-state index is 0.209. The number of ether oxygens (including phenoxy) is 1. The molecule has 0 unspecified atom stereocenters. The summed E-state index contributed by atoms with van der Waals surface area (Å²) in [6.07, 6.45) is 7.74. The molecule has 7 nitrogen and oxygen atoms in total. The number of hydrogen-bond acceptors (Lipinski definition) is 4. The third-order valence-corrected chi connectivity index (χ3v) is 3.46. The maximum Gasteiger partial charge on any atom is 0.328 e. The number of aromatic amines is 1. The summed E-state index contributed by atoms with van der Waals surface area (Å²) >= 11 is 0. The van der Waals surface area contributed by atoms with Crippen LogP contribution in [0.4, 0.5) is 4.79 Å². The molecule has 1 aliphatic rings. The summed E-state index contributed by atoms with van der Waals surface area (Å²) in [5.74, 6) is -0.471. The van der Waals surface area contributed by atoms with Gasteiger partial charge in [0.1, 0.15) is 6.04 Å². The van der Waals surface area contributed by atoms with Crippen LogP contribution in [0.2, 0.25) is 0 Å². The quantitative estimate of drug-likeness (QED) is 0.693. The van der Waals surface area contributed by atoms with Gasteiger partial charge in [0, 0.05) is 24.4 Å². The Morgan fingerprint density at radius 3 is 2.85 bits per heavy atom. The van der Waals surface area contributed by atoms with Crippen LogP contribution in [-0.4, -0.2) is 41.2 Å². The van der Waals surface area contributed by atoms with E-state index in [-0.39, 0.29) is 12.1 Å². The van der Waals surface area contributed by atoms with E-state index in [1.54, 1.807) is 6.20 Å². The minimum Gasteiger partial charge on any atom is -0.467 e. The number of urea groups is 1. The molecule has 0 aromatic carbocycles. The first-order chi connectivity index (χ1) is 9.69. The Balaban J connectivity index is 1.89. The fraction of sp³-hybridized carbons (Fsp3) is 0.615. The number of carbonyl (C=O) groups is 2. The highest BCUT2D eigenvalue weighted by atomic mass is 16.5. The van der Waals surface area contributed by atoms with E-state index in [1.807, 2.05) is 0 Å². The number of imidazole rings is 1. The second-order valence-electron chi connectivity index (χ2n) is 4.96. The lowest BCUT2D eigenvalue weighted by molar-refractivity contribution is -0.142. The summed E-state index contributed by atoms with van der Waals surface area (Å²) in [4.78, 5) is 30.4. The van der Waals surface area contributed by atoms with Crippen molar-refractivity contribution < 1.29 is 14.3 Å². The first-order valence-corrected chi connectivity index (χ1v) is 6.81. The van der Waals surface area contributed by atoms with E-state index < -0.39 is 12.0 Å². The molecule has 0 spiro atoms. The van der Waals surface area contributed by atoms with Gasteiger partial charge in [-0.15, -0.1) is 0 Å². The third kappa shape index (κ3) is 3.97. The topological polar surface area (TPSA) is 96.1 Å². The Labute approximate surface area is 117 Å². The number of esters is 1. The molecular weight excluding hydrogens is 260 g/mol. The summed E-state index contributed by atoms with van der Waals surface area (Å²) in [6, 6.07) is -0.839. The van der Waals surface area contributed by atoms with Crippen LogP contribution in [0.25, 0.3) is 0 Å². The molecule has 1 fully saturated rings. The fourth-order valence-corrected chi connectivity index (χ4v) is 2.41. The molecule has 0 saturated heterocycles. The lowest BCUT2D eigenvalue weighted by Crippen LogP contribution is -2.49. The molecule has 3 N–H and O–H groups in total. The zero-order valence-corrected chi connectivity index (χ0v) is 11.5. The number of nitrogens with zero attached hydrogens (tertiary/aromatic N) is 1. The predicted molar refractivity (Wildman–Crippen MR) is 72.0 cm³/mol. The first kappa shape index (κ1) is 14.4. The number of rotatable bonds is 5. The van der Waals surface area contributed by atoms with Crippen molar-refractivity contribution in [2.75, 3.05) is 7.11 Å². The summed E-state index contributed by atoms with van der Waals surface area (Å²) in [7, 11) is 1.30. The lowest BCUT2D eigenvalue weighted by Gasteiger charge is -2.18. The van der Waals surface area contributed by atoms with Gasteiger partial charge < -0.3 is 20.4 Å². The molecule has 0 bridgehead atoms. The molecule has 1 atom stereocenters. The monoisotopic (exact) mass is 280 g/mol. The molecule has 0 radical (unpaired) electrons. The number of amides is 2. The summed E-state index contributed by atoms with van der Waals surface area (Å²) in [6.45, 7) is 0. The van der Waals surface area contributed by atoms with E-state index in [0.29, 0.717) is 6.42 Å². The van der Waals surface area contributed by atoms with Crippen molar-refractivity contribution in [2.45, 2.75) is 44.2 Å². The molecule has 1 aliphatic carbocycles. The van der Waals surface area contributed by atoms with Gasteiger partial charge in [-0.3, -0.25) is 0 Å². The highest BCUT2D eigenvalue weighted by Gasteiger charge is 2.24. The summed E-state index contributed by atoms with van der Waals surface area (Å²) < 4.78 is 4.72. The van der Waals surface area contributed by atoms with Crippen LogP contribution in [0, 0.1) is 0 Å². The normalized spacial score (nSPS) is 16.6. The zero-order chi connectivity index (χ0) is 14.4. The van der Waals surface area contributed by atoms with Crippen LogP contribution in [-0.2, 0) is 16.0 Å². The van der Waals surface area contributed by atoms with Crippen LogP contribution >= 0.6 is 0 Å². The van der Waals surface area contributed by atoms with Crippen LogP contribution in [0.1, 0.15) is 31.4 Å². The standard InChI is InChI=1S/C13H20N4O3/c1-20-12(18)11(6-10-7-14-8-15-10)17-13(19)16-9-4-2-3-5-9/h7-9,11H,2-6H2,1H3,(H,14,15)(H2,16,17,19)/t11-/m0/s1. The molecule has 7 heteroatoms.